The molecular weight excluding hydrogens is 621 g/mol. The molecule has 3 heteroatoms. The minimum Gasteiger partial charge on any atom is -0.456 e. The zero-order valence-corrected chi connectivity index (χ0v) is 27.6. The average Bonchev–Trinajstić information content (AvgIpc) is 3.86. The van der Waals surface area contributed by atoms with E-state index in [1.54, 1.807) is 0 Å². The molecule has 11 aromatic rings. The van der Waals surface area contributed by atoms with Crippen LogP contribution in [0.4, 0.5) is 0 Å². The highest BCUT2D eigenvalue weighted by Gasteiger charge is 2.20. The normalized spacial score (nSPS) is 11.9. The molecule has 0 atom stereocenters. The lowest BCUT2D eigenvalue weighted by Crippen LogP contribution is -1.96. The Morgan fingerprint density at radius 1 is 0.333 bits per heavy atom. The summed E-state index contributed by atoms with van der Waals surface area (Å²) in [6.45, 7) is 0. The second-order valence-electron chi connectivity index (χ2n) is 13.3. The summed E-state index contributed by atoms with van der Waals surface area (Å²) >= 11 is 0. The van der Waals surface area contributed by atoms with Crippen LogP contribution < -0.4 is 0 Å². The first kappa shape index (κ1) is 28.0. The van der Waals surface area contributed by atoms with E-state index < -0.39 is 0 Å². The molecule has 0 saturated heterocycles. The monoisotopic (exact) mass is 650 g/mol. The number of fused-ring (bicyclic) bond motifs is 9. The molecule has 3 nitrogen and oxygen atoms in total. The van der Waals surface area contributed by atoms with Crippen molar-refractivity contribution < 1.29 is 4.42 Å². The number of hydrogen-bond acceptors (Lipinski definition) is 1. The maximum atomic E-state index is 6.32. The van der Waals surface area contributed by atoms with Crippen LogP contribution in [0.2, 0.25) is 0 Å². The number of nitrogens with zero attached hydrogens (tertiary/aromatic N) is 2. The van der Waals surface area contributed by atoms with Crippen LogP contribution in [0.15, 0.2) is 186 Å². The molecule has 0 fully saturated rings. The van der Waals surface area contributed by atoms with Crippen molar-refractivity contribution in [3.05, 3.63) is 182 Å². The van der Waals surface area contributed by atoms with Crippen LogP contribution in [0.5, 0.6) is 0 Å². The second kappa shape index (κ2) is 10.8. The van der Waals surface area contributed by atoms with Gasteiger partial charge in [-0.3, -0.25) is 0 Å². The van der Waals surface area contributed by atoms with Crippen LogP contribution in [-0.2, 0) is 0 Å². The van der Waals surface area contributed by atoms with Crippen molar-refractivity contribution in [2.45, 2.75) is 0 Å². The van der Waals surface area contributed by atoms with Crippen molar-refractivity contribution in [3.63, 3.8) is 0 Å². The van der Waals surface area contributed by atoms with E-state index >= 15 is 0 Å². The quantitative estimate of drug-likeness (QED) is 0.186. The van der Waals surface area contributed by atoms with Crippen molar-refractivity contribution in [1.29, 1.82) is 0 Å². The van der Waals surface area contributed by atoms with Gasteiger partial charge >= 0.3 is 0 Å². The Morgan fingerprint density at radius 3 is 1.84 bits per heavy atom. The second-order valence-corrected chi connectivity index (χ2v) is 13.3. The molecule has 0 aliphatic carbocycles. The van der Waals surface area contributed by atoms with Crippen LogP contribution in [0.3, 0.4) is 0 Å². The Morgan fingerprint density at radius 2 is 0.961 bits per heavy atom. The fraction of sp³-hybridized carbons (Fsp3) is 0. The molecule has 3 heterocycles. The van der Waals surface area contributed by atoms with Gasteiger partial charge in [0.2, 0.25) is 0 Å². The third-order valence-electron chi connectivity index (χ3n) is 10.5. The minimum atomic E-state index is 0.895. The highest BCUT2D eigenvalue weighted by Crippen LogP contribution is 2.42. The van der Waals surface area contributed by atoms with E-state index in [0.717, 1.165) is 38.8 Å². The van der Waals surface area contributed by atoms with E-state index in [1.165, 1.54) is 60.3 Å². The first-order valence-corrected chi connectivity index (χ1v) is 17.4. The van der Waals surface area contributed by atoms with Crippen LogP contribution in [0.25, 0.3) is 99.2 Å². The Hall–Kier alpha value is -6.84. The summed E-state index contributed by atoms with van der Waals surface area (Å²) < 4.78 is 11.2. The lowest BCUT2D eigenvalue weighted by Gasteiger charge is -2.12. The van der Waals surface area contributed by atoms with Crippen LogP contribution >= 0.6 is 0 Å². The molecule has 11 rings (SSSR count). The predicted octanol–water partition coefficient (Wildman–Crippen LogP) is 13.1. The number of para-hydroxylation sites is 3. The first-order chi connectivity index (χ1) is 25.3. The van der Waals surface area contributed by atoms with Gasteiger partial charge < -0.3 is 13.6 Å². The summed E-state index contributed by atoms with van der Waals surface area (Å²) in [6, 6.07) is 65.5. The Labute approximate surface area is 293 Å². The molecule has 238 valence electrons. The average molecular weight is 651 g/mol. The van der Waals surface area contributed by atoms with E-state index in [0.29, 0.717) is 0 Å². The summed E-state index contributed by atoms with van der Waals surface area (Å²) in [5, 5.41) is 7.20. The summed E-state index contributed by atoms with van der Waals surface area (Å²) in [5.41, 5.74) is 13.7. The van der Waals surface area contributed by atoms with Crippen LogP contribution in [0.1, 0.15) is 0 Å². The molecule has 0 amide bonds. The third kappa shape index (κ3) is 4.12. The zero-order valence-electron chi connectivity index (χ0n) is 27.6. The molecule has 0 aliphatic rings. The Bertz CT molecular complexity index is 3140. The van der Waals surface area contributed by atoms with Gasteiger partial charge in [-0.25, -0.2) is 0 Å². The third-order valence-corrected chi connectivity index (χ3v) is 10.5. The zero-order chi connectivity index (χ0) is 33.5. The largest absolute Gasteiger partial charge is 0.456 e. The number of benzene rings is 8. The summed E-state index contributed by atoms with van der Waals surface area (Å²) in [6.07, 6.45) is 0. The standard InChI is InChI=1S/C48H30N2O/c1-2-13-31(14-3-1)32-15-10-16-33(29-32)35-20-11-23-43-47(35)37-18-5-8-22-41(37)49(43)34-27-28-42-39(30-34)36-17-4-7-21-40(36)50(42)44-24-12-26-46-48(44)38-19-6-9-25-45(38)51-46/h1-30H. The molecule has 51 heavy (non-hydrogen) atoms. The molecule has 0 spiro atoms. The van der Waals surface area contributed by atoms with E-state index in [1.807, 2.05) is 12.1 Å². The lowest BCUT2D eigenvalue weighted by molar-refractivity contribution is 0.669. The van der Waals surface area contributed by atoms with Crippen LogP contribution in [0, 0.1) is 0 Å². The summed E-state index contributed by atoms with van der Waals surface area (Å²) in [5.74, 6) is 0. The molecular formula is C48H30N2O. The van der Waals surface area contributed by atoms with Crippen LogP contribution in [-0.4, -0.2) is 9.13 Å². The molecule has 0 saturated carbocycles. The predicted molar refractivity (Wildman–Crippen MR) is 213 cm³/mol. The molecule has 0 unspecified atom stereocenters. The van der Waals surface area contributed by atoms with Gasteiger partial charge in [-0.15, -0.1) is 0 Å². The van der Waals surface area contributed by atoms with Gasteiger partial charge in [-0.2, -0.15) is 0 Å². The number of hydrogen-bond donors (Lipinski definition) is 0. The van der Waals surface area contributed by atoms with Gasteiger partial charge in [-0.1, -0.05) is 121 Å². The summed E-state index contributed by atoms with van der Waals surface area (Å²) in [4.78, 5) is 0. The van der Waals surface area contributed by atoms with Crippen molar-refractivity contribution in [3.8, 4) is 33.6 Å². The fourth-order valence-electron chi connectivity index (χ4n) is 8.34. The van der Waals surface area contributed by atoms with Crippen molar-refractivity contribution in [1.82, 2.24) is 9.13 Å². The maximum absolute atomic E-state index is 6.32. The molecule has 8 aromatic carbocycles. The van der Waals surface area contributed by atoms with Gasteiger partial charge in [0, 0.05) is 32.6 Å². The Kier molecular flexibility index (Phi) is 5.96. The highest BCUT2D eigenvalue weighted by atomic mass is 16.3. The number of rotatable bonds is 4. The number of furan rings is 1. The first-order valence-electron chi connectivity index (χ1n) is 17.4. The smallest absolute Gasteiger partial charge is 0.137 e. The summed E-state index contributed by atoms with van der Waals surface area (Å²) in [7, 11) is 0. The van der Waals surface area contributed by atoms with Gasteiger partial charge in [0.1, 0.15) is 11.2 Å². The number of aromatic nitrogens is 2. The maximum Gasteiger partial charge on any atom is 0.137 e. The minimum absolute atomic E-state index is 0.895. The molecule has 0 radical (unpaired) electrons. The van der Waals surface area contributed by atoms with Gasteiger partial charge in [0.25, 0.3) is 0 Å². The van der Waals surface area contributed by atoms with Gasteiger partial charge in [0.05, 0.1) is 33.1 Å². The SMILES string of the molecule is c1ccc(-c2cccc(-c3cccc4c3c3ccccc3n4-c3ccc4c(c3)c3ccccc3n4-c3cccc4oc5ccccc5c34)c2)cc1. The Balaban J connectivity index is 1.16. The molecule has 0 aliphatic heterocycles. The van der Waals surface area contributed by atoms with E-state index in [4.69, 9.17) is 4.42 Å². The van der Waals surface area contributed by atoms with Crippen molar-refractivity contribution in [2.24, 2.45) is 0 Å². The van der Waals surface area contributed by atoms with Gasteiger partial charge in [-0.05, 0) is 82.9 Å². The van der Waals surface area contributed by atoms with E-state index in [-0.39, 0.29) is 0 Å². The molecule has 0 bridgehead atoms. The fourth-order valence-corrected chi connectivity index (χ4v) is 8.34. The topological polar surface area (TPSA) is 23.0 Å². The van der Waals surface area contributed by atoms with E-state index in [2.05, 4.69) is 179 Å². The highest BCUT2D eigenvalue weighted by molar-refractivity contribution is 6.17. The molecule has 3 aromatic heterocycles. The van der Waals surface area contributed by atoms with Gasteiger partial charge in [0.15, 0.2) is 0 Å². The van der Waals surface area contributed by atoms with E-state index in [9.17, 15) is 0 Å². The molecule has 0 N–H and O–H groups in total. The van der Waals surface area contributed by atoms with Crippen molar-refractivity contribution in [2.75, 3.05) is 0 Å². The lowest BCUT2D eigenvalue weighted by atomic mass is 9.96. The van der Waals surface area contributed by atoms with Crippen molar-refractivity contribution >= 4 is 65.6 Å².